The van der Waals surface area contributed by atoms with Crippen molar-refractivity contribution in [3.05, 3.63) is 48.0 Å². The third-order valence-corrected chi connectivity index (χ3v) is 4.67. The molecular weight excluding hydrogens is 432 g/mol. The number of benzene rings is 1. The number of ether oxygens (including phenoxy) is 2. The lowest BCUT2D eigenvalue weighted by Gasteiger charge is -2.24. The Morgan fingerprint density at radius 1 is 1.12 bits per heavy atom. The van der Waals surface area contributed by atoms with Crippen LogP contribution in [0.4, 0.5) is 28.3 Å². The number of nitrogens with zero attached hydrogens (tertiary/aromatic N) is 3. The van der Waals surface area contributed by atoms with Gasteiger partial charge in [-0.25, -0.2) is 19.2 Å². The molecule has 0 unspecified atom stereocenters. The molecule has 0 radical (unpaired) electrons. The number of nitrogens with one attached hydrogen (secondary N) is 1. The number of alkyl halides is 3. The van der Waals surface area contributed by atoms with E-state index in [-0.39, 0.29) is 43.4 Å². The fourth-order valence-electron chi connectivity index (χ4n) is 3.18. The molecule has 3 rings (SSSR count). The quantitative estimate of drug-likeness (QED) is 0.674. The molecule has 2 atom stereocenters. The van der Waals surface area contributed by atoms with Crippen molar-refractivity contribution in [3.8, 4) is 5.75 Å². The number of halogens is 4. The van der Waals surface area contributed by atoms with Gasteiger partial charge in [-0.15, -0.1) is 0 Å². The van der Waals surface area contributed by atoms with Crippen LogP contribution in [0, 0.1) is 11.7 Å². The van der Waals surface area contributed by atoms with Crippen LogP contribution in [0.2, 0.25) is 0 Å². The van der Waals surface area contributed by atoms with Gasteiger partial charge in [-0.2, -0.15) is 13.2 Å². The first-order chi connectivity index (χ1) is 14.9. The lowest BCUT2D eigenvalue weighted by molar-refractivity contribution is -0.137. The molecule has 0 saturated carbocycles. The molecule has 7 nitrogen and oxygen atoms in total. The third kappa shape index (κ3) is 6.44. The highest BCUT2D eigenvalue weighted by molar-refractivity contribution is 5.68. The molecular formula is C21H24F4N4O3. The van der Waals surface area contributed by atoms with E-state index < -0.39 is 29.3 Å². The Kier molecular flexibility index (Phi) is 6.75. The Bertz CT molecular complexity index is 915. The highest BCUT2D eigenvalue weighted by Gasteiger charge is 2.38. The molecule has 0 spiro atoms. The number of aromatic nitrogens is 2. The van der Waals surface area contributed by atoms with Crippen LogP contribution < -0.4 is 10.1 Å². The number of rotatable bonds is 5. The van der Waals surface area contributed by atoms with Crippen LogP contribution in [-0.2, 0) is 10.9 Å². The molecule has 1 N–H and O–H groups in total. The van der Waals surface area contributed by atoms with Crippen molar-refractivity contribution in [3.63, 3.8) is 0 Å². The topological polar surface area (TPSA) is 76.6 Å². The van der Waals surface area contributed by atoms with Crippen molar-refractivity contribution in [2.45, 2.75) is 38.6 Å². The molecule has 1 saturated heterocycles. The van der Waals surface area contributed by atoms with Crippen molar-refractivity contribution >= 4 is 12.0 Å². The van der Waals surface area contributed by atoms with Crippen LogP contribution in [0.5, 0.6) is 5.75 Å². The normalized spacial score (nSPS) is 19.0. The summed E-state index contributed by atoms with van der Waals surface area (Å²) in [4.78, 5) is 21.8. The molecule has 1 aromatic carbocycles. The summed E-state index contributed by atoms with van der Waals surface area (Å²) in [5.41, 5.74) is -1.44. The lowest BCUT2D eigenvalue weighted by atomic mass is 10.1. The van der Waals surface area contributed by atoms with Crippen molar-refractivity contribution in [1.82, 2.24) is 14.9 Å². The Morgan fingerprint density at radius 2 is 1.75 bits per heavy atom. The maximum absolute atomic E-state index is 13.1. The van der Waals surface area contributed by atoms with Crippen LogP contribution in [0.1, 0.15) is 26.3 Å². The van der Waals surface area contributed by atoms with Gasteiger partial charge in [0.2, 0.25) is 5.95 Å². The number of carbonyl (C=O) groups is 1. The van der Waals surface area contributed by atoms with Crippen molar-refractivity contribution in [2.24, 2.45) is 5.92 Å². The van der Waals surface area contributed by atoms with E-state index in [0.717, 1.165) is 24.5 Å². The van der Waals surface area contributed by atoms with Crippen molar-refractivity contribution < 1.29 is 31.8 Å². The van der Waals surface area contributed by atoms with Gasteiger partial charge in [0.1, 0.15) is 11.4 Å². The second-order valence-electron chi connectivity index (χ2n) is 8.45. The van der Waals surface area contributed by atoms with E-state index >= 15 is 0 Å². The molecule has 1 amide bonds. The summed E-state index contributed by atoms with van der Waals surface area (Å²) in [6, 6.07) is 4.03. The zero-order valence-corrected chi connectivity index (χ0v) is 17.8. The van der Waals surface area contributed by atoms with Crippen LogP contribution >= 0.6 is 0 Å². The maximum atomic E-state index is 13.1. The minimum absolute atomic E-state index is 0.115. The molecule has 0 bridgehead atoms. The summed E-state index contributed by atoms with van der Waals surface area (Å²) in [5, 5.41) is 3.06. The molecule has 1 aromatic heterocycles. The van der Waals surface area contributed by atoms with Crippen LogP contribution in [0.3, 0.4) is 0 Å². The fourth-order valence-corrected chi connectivity index (χ4v) is 3.18. The summed E-state index contributed by atoms with van der Waals surface area (Å²) in [5.74, 6) is -0.384. The Hall–Kier alpha value is -3.11. The van der Waals surface area contributed by atoms with E-state index in [1.165, 1.54) is 17.0 Å². The van der Waals surface area contributed by atoms with E-state index in [2.05, 4.69) is 15.3 Å². The standard InChI is InChI=1S/C21H24F4N4O3/c1-20(2,3)32-19(30)29-10-13(17(11-29)28-18-26-8-15(22)9-27-18)12-31-16-6-4-14(5-7-16)21(23,24)25/h4-9,13,17H,10-12H2,1-3H3,(H,26,27,28)/t13-,17+/m0/s1. The number of hydrogen-bond acceptors (Lipinski definition) is 6. The highest BCUT2D eigenvalue weighted by Crippen LogP contribution is 2.30. The Morgan fingerprint density at radius 3 is 2.31 bits per heavy atom. The smallest absolute Gasteiger partial charge is 0.416 e. The van der Waals surface area contributed by atoms with Gasteiger partial charge in [-0.05, 0) is 45.0 Å². The van der Waals surface area contributed by atoms with Gasteiger partial charge in [-0.3, -0.25) is 0 Å². The average Bonchev–Trinajstić information content (AvgIpc) is 3.09. The molecule has 0 aliphatic carbocycles. The molecule has 174 valence electrons. The second kappa shape index (κ2) is 9.17. The fraction of sp³-hybridized carbons (Fsp3) is 0.476. The van der Waals surface area contributed by atoms with Crippen LogP contribution in [0.25, 0.3) is 0 Å². The summed E-state index contributed by atoms with van der Waals surface area (Å²) in [7, 11) is 0. The van der Waals surface area contributed by atoms with Crippen molar-refractivity contribution in [1.29, 1.82) is 0 Å². The van der Waals surface area contributed by atoms with Gasteiger partial charge in [0.15, 0.2) is 5.82 Å². The lowest BCUT2D eigenvalue weighted by Crippen LogP contribution is -2.36. The molecule has 1 aliphatic rings. The summed E-state index contributed by atoms with van der Waals surface area (Å²) < 4.78 is 62.4. The van der Waals surface area contributed by atoms with Gasteiger partial charge in [0.25, 0.3) is 0 Å². The predicted molar refractivity (Wildman–Crippen MR) is 108 cm³/mol. The van der Waals surface area contributed by atoms with Gasteiger partial charge in [0, 0.05) is 19.0 Å². The van der Waals surface area contributed by atoms with E-state index in [1.807, 2.05) is 0 Å². The van der Waals surface area contributed by atoms with E-state index in [0.29, 0.717) is 0 Å². The Balaban J connectivity index is 1.69. The largest absolute Gasteiger partial charge is 0.493 e. The zero-order valence-electron chi connectivity index (χ0n) is 17.8. The minimum Gasteiger partial charge on any atom is -0.493 e. The number of carbonyl (C=O) groups excluding carboxylic acids is 1. The predicted octanol–water partition coefficient (Wildman–Crippen LogP) is 4.36. The first-order valence-corrected chi connectivity index (χ1v) is 9.93. The maximum Gasteiger partial charge on any atom is 0.416 e. The minimum atomic E-state index is -4.43. The van der Waals surface area contributed by atoms with E-state index in [9.17, 15) is 22.4 Å². The zero-order chi connectivity index (χ0) is 23.5. The van der Waals surface area contributed by atoms with E-state index in [4.69, 9.17) is 9.47 Å². The number of anilines is 1. The van der Waals surface area contributed by atoms with Crippen LogP contribution in [0.15, 0.2) is 36.7 Å². The summed E-state index contributed by atoms with van der Waals surface area (Å²) in [6.45, 7) is 5.94. The van der Waals surface area contributed by atoms with E-state index in [1.54, 1.807) is 20.8 Å². The molecule has 11 heteroatoms. The number of amides is 1. The number of hydrogen-bond donors (Lipinski definition) is 1. The van der Waals surface area contributed by atoms with Gasteiger partial charge < -0.3 is 19.7 Å². The molecule has 2 heterocycles. The second-order valence-corrected chi connectivity index (χ2v) is 8.45. The SMILES string of the molecule is CC(C)(C)OC(=O)N1C[C@@H](COc2ccc(C(F)(F)F)cc2)[C@H](Nc2ncc(F)cn2)C1. The first kappa shape index (κ1) is 23.6. The highest BCUT2D eigenvalue weighted by atomic mass is 19.4. The monoisotopic (exact) mass is 456 g/mol. The molecule has 1 aliphatic heterocycles. The molecule has 32 heavy (non-hydrogen) atoms. The summed E-state index contributed by atoms with van der Waals surface area (Å²) >= 11 is 0. The third-order valence-electron chi connectivity index (χ3n) is 4.67. The number of likely N-dealkylation sites (tertiary alicyclic amines) is 1. The average molecular weight is 456 g/mol. The molecule has 1 fully saturated rings. The first-order valence-electron chi connectivity index (χ1n) is 9.93. The Labute approximate surface area is 182 Å². The van der Waals surface area contributed by atoms with Crippen molar-refractivity contribution in [2.75, 3.05) is 25.0 Å². The molecule has 2 aromatic rings. The summed E-state index contributed by atoms with van der Waals surface area (Å²) in [6.07, 6.45) is -2.89. The van der Waals surface area contributed by atoms with Crippen LogP contribution in [-0.4, -0.2) is 52.3 Å². The van der Waals surface area contributed by atoms with Gasteiger partial charge in [-0.1, -0.05) is 0 Å². The van der Waals surface area contributed by atoms with Gasteiger partial charge in [0.05, 0.1) is 30.6 Å². The van der Waals surface area contributed by atoms with Gasteiger partial charge >= 0.3 is 12.3 Å².